The molecule has 0 radical (unpaired) electrons. The van der Waals surface area contributed by atoms with E-state index in [4.69, 9.17) is 5.26 Å². The third-order valence-corrected chi connectivity index (χ3v) is 2.09. The second kappa shape index (κ2) is 3.58. The molecule has 0 spiro atoms. The Morgan fingerprint density at radius 1 is 1.77 bits per heavy atom. The van der Waals surface area contributed by atoms with Crippen molar-refractivity contribution in [3.05, 3.63) is 18.2 Å². The van der Waals surface area contributed by atoms with E-state index in [-0.39, 0.29) is 0 Å². The van der Waals surface area contributed by atoms with Gasteiger partial charge in [-0.3, -0.25) is 0 Å². The first-order chi connectivity index (χ1) is 6.09. The molecule has 0 aliphatic heterocycles. The van der Waals surface area contributed by atoms with E-state index in [0.29, 0.717) is 18.8 Å². The molecule has 1 atom stereocenters. The summed E-state index contributed by atoms with van der Waals surface area (Å²) in [6.45, 7) is 4.06. The van der Waals surface area contributed by atoms with E-state index in [1.807, 2.05) is 13.0 Å². The van der Waals surface area contributed by atoms with Gasteiger partial charge in [-0.05, 0) is 13.3 Å². The molecule has 0 fully saturated rings. The fourth-order valence-corrected chi connectivity index (χ4v) is 1.03. The van der Waals surface area contributed by atoms with Crippen LogP contribution in [0, 0.1) is 11.3 Å². The summed E-state index contributed by atoms with van der Waals surface area (Å²) >= 11 is 0. The van der Waals surface area contributed by atoms with E-state index in [0.717, 1.165) is 0 Å². The van der Waals surface area contributed by atoms with Crippen LogP contribution in [0.2, 0.25) is 0 Å². The quantitative estimate of drug-likeness (QED) is 0.750. The number of imidazole rings is 1. The van der Waals surface area contributed by atoms with Gasteiger partial charge in [-0.1, -0.05) is 6.92 Å². The monoisotopic (exact) mass is 179 g/mol. The Labute approximate surface area is 77.4 Å². The number of aromatic nitrogens is 2. The van der Waals surface area contributed by atoms with Gasteiger partial charge < -0.3 is 9.67 Å². The summed E-state index contributed by atoms with van der Waals surface area (Å²) in [5.74, 6) is 0.341. The van der Waals surface area contributed by atoms with Crippen molar-refractivity contribution in [2.75, 3.05) is 0 Å². The zero-order chi connectivity index (χ0) is 9.90. The second-order valence-electron chi connectivity index (χ2n) is 3.34. The molecule has 1 aromatic heterocycles. The minimum absolute atomic E-state index is 0.341. The standard InChI is InChI=1S/C9H13N3O/c1-3-9(2,13)7-12-5-4-11-8(12)6-10/h4-5,13H,3,7H2,1-2H3. The third kappa shape index (κ3) is 2.30. The van der Waals surface area contributed by atoms with Crippen LogP contribution in [0.3, 0.4) is 0 Å². The number of rotatable bonds is 3. The number of hydrogen-bond donors (Lipinski definition) is 1. The Morgan fingerprint density at radius 3 is 3.00 bits per heavy atom. The molecule has 0 bridgehead atoms. The smallest absolute Gasteiger partial charge is 0.212 e. The first-order valence-corrected chi connectivity index (χ1v) is 4.22. The van der Waals surface area contributed by atoms with Crippen molar-refractivity contribution < 1.29 is 5.11 Å². The lowest BCUT2D eigenvalue weighted by Gasteiger charge is -2.21. The Balaban J connectivity index is 2.81. The number of aliphatic hydroxyl groups is 1. The zero-order valence-corrected chi connectivity index (χ0v) is 7.86. The summed E-state index contributed by atoms with van der Waals surface area (Å²) in [6.07, 6.45) is 3.91. The average Bonchev–Trinajstić information content (AvgIpc) is 2.51. The van der Waals surface area contributed by atoms with E-state index in [2.05, 4.69) is 4.98 Å². The molecular formula is C9H13N3O. The van der Waals surface area contributed by atoms with Gasteiger partial charge in [0, 0.05) is 12.4 Å². The molecule has 1 unspecified atom stereocenters. The lowest BCUT2D eigenvalue weighted by atomic mass is 10.0. The van der Waals surface area contributed by atoms with Gasteiger partial charge in [-0.25, -0.2) is 4.98 Å². The van der Waals surface area contributed by atoms with Crippen LogP contribution in [-0.2, 0) is 6.54 Å². The van der Waals surface area contributed by atoms with Crippen molar-refractivity contribution in [1.29, 1.82) is 5.26 Å². The number of nitriles is 1. The summed E-state index contributed by atoms with van der Waals surface area (Å²) < 4.78 is 1.66. The van der Waals surface area contributed by atoms with Gasteiger partial charge in [0.15, 0.2) is 0 Å². The van der Waals surface area contributed by atoms with E-state index in [1.54, 1.807) is 23.9 Å². The van der Waals surface area contributed by atoms with Crippen LogP contribution < -0.4 is 0 Å². The molecule has 1 heterocycles. The van der Waals surface area contributed by atoms with Crippen molar-refractivity contribution >= 4 is 0 Å². The van der Waals surface area contributed by atoms with E-state index in [1.165, 1.54) is 0 Å². The molecule has 0 saturated carbocycles. The van der Waals surface area contributed by atoms with Gasteiger partial charge in [-0.15, -0.1) is 0 Å². The molecule has 1 aromatic rings. The van der Waals surface area contributed by atoms with Crippen LogP contribution in [-0.4, -0.2) is 20.3 Å². The van der Waals surface area contributed by atoms with E-state index < -0.39 is 5.60 Å². The van der Waals surface area contributed by atoms with Crippen LogP contribution in [0.4, 0.5) is 0 Å². The van der Waals surface area contributed by atoms with Gasteiger partial charge >= 0.3 is 0 Å². The fraction of sp³-hybridized carbons (Fsp3) is 0.556. The highest BCUT2D eigenvalue weighted by atomic mass is 16.3. The van der Waals surface area contributed by atoms with E-state index in [9.17, 15) is 5.11 Å². The summed E-state index contributed by atoms with van der Waals surface area (Å²) in [5, 5.41) is 18.4. The maximum absolute atomic E-state index is 9.76. The van der Waals surface area contributed by atoms with Gasteiger partial charge in [0.05, 0.1) is 12.1 Å². The molecule has 4 heteroatoms. The highest BCUT2D eigenvalue weighted by Gasteiger charge is 2.19. The zero-order valence-electron chi connectivity index (χ0n) is 7.86. The molecule has 4 nitrogen and oxygen atoms in total. The summed E-state index contributed by atoms with van der Waals surface area (Å²) in [7, 11) is 0. The van der Waals surface area contributed by atoms with Crippen molar-refractivity contribution in [2.24, 2.45) is 0 Å². The number of nitrogens with zero attached hydrogens (tertiary/aromatic N) is 3. The van der Waals surface area contributed by atoms with Crippen molar-refractivity contribution in [2.45, 2.75) is 32.4 Å². The first-order valence-electron chi connectivity index (χ1n) is 4.22. The highest BCUT2D eigenvalue weighted by Crippen LogP contribution is 2.12. The van der Waals surface area contributed by atoms with E-state index >= 15 is 0 Å². The largest absolute Gasteiger partial charge is 0.388 e. The molecule has 0 aromatic carbocycles. The topological polar surface area (TPSA) is 61.8 Å². The fourth-order valence-electron chi connectivity index (χ4n) is 1.03. The van der Waals surface area contributed by atoms with Gasteiger partial charge in [0.2, 0.25) is 5.82 Å². The van der Waals surface area contributed by atoms with Crippen LogP contribution in [0.1, 0.15) is 26.1 Å². The lowest BCUT2D eigenvalue weighted by molar-refractivity contribution is 0.0377. The van der Waals surface area contributed by atoms with Crippen molar-refractivity contribution in [3.63, 3.8) is 0 Å². The summed E-state index contributed by atoms with van der Waals surface area (Å²) in [4.78, 5) is 3.84. The Bertz CT molecular complexity index is 322. The SMILES string of the molecule is CCC(C)(O)Cn1ccnc1C#N. The predicted molar refractivity (Wildman–Crippen MR) is 47.9 cm³/mol. The van der Waals surface area contributed by atoms with Gasteiger partial charge in [-0.2, -0.15) is 5.26 Å². The van der Waals surface area contributed by atoms with Gasteiger partial charge in [0.25, 0.3) is 0 Å². The molecule has 1 rings (SSSR count). The molecule has 0 amide bonds. The molecule has 0 aliphatic rings. The van der Waals surface area contributed by atoms with Crippen LogP contribution in [0.15, 0.2) is 12.4 Å². The predicted octanol–water partition coefficient (Wildman–Crippen LogP) is 0.916. The Hall–Kier alpha value is -1.34. The van der Waals surface area contributed by atoms with Crippen LogP contribution in [0.25, 0.3) is 0 Å². The molecule has 0 saturated heterocycles. The summed E-state index contributed by atoms with van der Waals surface area (Å²) in [5.41, 5.74) is -0.772. The van der Waals surface area contributed by atoms with Crippen LogP contribution in [0.5, 0.6) is 0 Å². The normalized spacial score (nSPS) is 14.9. The van der Waals surface area contributed by atoms with Crippen molar-refractivity contribution in [1.82, 2.24) is 9.55 Å². The minimum atomic E-state index is -0.772. The molecule has 70 valence electrons. The Kier molecular flexibility index (Phi) is 2.69. The minimum Gasteiger partial charge on any atom is -0.388 e. The van der Waals surface area contributed by atoms with Crippen molar-refractivity contribution in [3.8, 4) is 6.07 Å². The maximum Gasteiger partial charge on any atom is 0.212 e. The highest BCUT2D eigenvalue weighted by molar-refractivity contribution is 5.11. The van der Waals surface area contributed by atoms with Gasteiger partial charge in [0.1, 0.15) is 6.07 Å². The summed E-state index contributed by atoms with van der Waals surface area (Å²) in [6, 6.07) is 1.96. The van der Waals surface area contributed by atoms with Crippen LogP contribution >= 0.6 is 0 Å². The maximum atomic E-state index is 9.76. The second-order valence-corrected chi connectivity index (χ2v) is 3.34. The third-order valence-electron chi connectivity index (χ3n) is 2.09. The lowest BCUT2D eigenvalue weighted by Crippen LogP contribution is -2.29. The average molecular weight is 179 g/mol. The molecule has 1 N–H and O–H groups in total. The Morgan fingerprint density at radius 2 is 2.46 bits per heavy atom. The molecular weight excluding hydrogens is 166 g/mol. The molecule has 13 heavy (non-hydrogen) atoms. The molecule has 0 aliphatic carbocycles. The number of hydrogen-bond acceptors (Lipinski definition) is 3. The first kappa shape index (κ1) is 9.75.